The maximum Gasteiger partial charge on any atom is 0.118 e. The Balaban J connectivity index is 1.76. The van der Waals surface area contributed by atoms with Crippen LogP contribution < -0.4 is 4.74 Å². The lowest BCUT2D eigenvalue weighted by Crippen LogP contribution is -2.36. The largest absolute Gasteiger partial charge is 0.497 e. The Hall–Kier alpha value is -1.32. The summed E-state index contributed by atoms with van der Waals surface area (Å²) in [5, 5.41) is 0. The highest BCUT2D eigenvalue weighted by atomic mass is 16.5. The molecular weight excluding hydrogens is 248 g/mol. The van der Waals surface area contributed by atoms with Gasteiger partial charge in [0.25, 0.3) is 0 Å². The van der Waals surface area contributed by atoms with E-state index >= 15 is 0 Å². The SMILES string of the molecule is COc1ccc(/C=C/CN(C)C[C@H]2CCCN2C)cc1. The van der Waals surface area contributed by atoms with Gasteiger partial charge in [-0.15, -0.1) is 0 Å². The van der Waals surface area contributed by atoms with Crippen molar-refractivity contribution in [3.63, 3.8) is 0 Å². The summed E-state index contributed by atoms with van der Waals surface area (Å²) >= 11 is 0. The van der Waals surface area contributed by atoms with Gasteiger partial charge in [0.1, 0.15) is 5.75 Å². The highest BCUT2D eigenvalue weighted by Gasteiger charge is 2.21. The zero-order valence-electron chi connectivity index (χ0n) is 12.9. The fraction of sp³-hybridized carbons (Fsp3) is 0.529. The molecule has 1 aromatic carbocycles. The van der Waals surface area contributed by atoms with E-state index in [-0.39, 0.29) is 0 Å². The van der Waals surface area contributed by atoms with Gasteiger partial charge in [0.05, 0.1) is 7.11 Å². The molecule has 1 heterocycles. The van der Waals surface area contributed by atoms with Crippen molar-refractivity contribution in [2.75, 3.05) is 40.8 Å². The predicted molar refractivity (Wildman–Crippen MR) is 85.2 cm³/mol. The maximum atomic E-state index is 5.16. The Morgan fingerprint density at radius 3 is 2.70 bits per heavy atom. The molecule has 110 valence electrons. The van der Waals surface area contributed by atoms with Crippen LogP contribution >= 0.6 is 0 Å². The van der Waals surface area contributed by atoms with E-state index in [0.29, 0.717) is 0 Å². The first-order valence-electron chi connectivity index (χ1n) is 7.38. The van der Waals surface area contributed by atoms with Crippen molar-refractivity contribution in [1.29, 1.82) is 0 Å². The van der Waals surface area contributed by atoms with Crippen LogP contribution in [0.5, 0.6) is 5.75 Å². The standard InChI is InChI=1S/C17H26N2O/c1-18(14-16-7-5-13-19(16)2)12-4-6-15-8-10-17(20-3)11-9-15/h4,6,8-11,16H,5,7,12-14H2,1-3H3/b6-4+/t16-/m1/s1. The number of ether oxygens (including phenoxy) is 1. The minimum atomic E-state index is 0.731. The Morgan fingerprint density at radius 2 is 2.10 bits per heavy atom. The van der Waals surface area contributed by atoms with Crippen LogP contribution in [-0.4, -0.2) is 56.7 Å². The van der Waals surface area contributed by atoms with Gasteiger partial charge in [0.2, 0.25) is 0 Å². The molecular formula is C17H26N2O. The minimum absolute atomic E-state index is 0.731. The highest BCUT2D eigenvalue weighted by molar-refractivity contribution is 5.50. The second kappa shape index (κ2) is 7.46. The summed E-state index contributed by atoms with van der Waals surface area (Å²) in [6.07, 6.45) is 7.09. The summed E-state index contributed by atoms with van der Waals surface area (Å²) in [5.41, 5.74) is 1.22. The molecule has 0 unspecified atom stereocenters. The molecule has 0 aliphatic carbocycles. The van der Waals surface area contributed by atoms with E-state index in [1.807, 2.05) is 12.1 Å². The number of hydrogen-bond donors (Lipinski definition) is 0. The van der Waals surface area contributed by atoms with Gasteiger partial charge in [-0.05, 0) is 51.2 Å². The van der Waals surface area contributed by atoms with E-state index in [2.05, 4.69) is 48.2 Å². The molecule has 0 spiro atoms. The molecule has 2 rings (SSSR count). The van der Waals surface area contributed by atoms with Crippen LogP contribution in [0, 0.1) is 0 Å². The quantitative estimate of drug-likeness (QED) is 0.793. The fourth-order valence-electron chi connectivity index (χ4n) is 2.73. The number of nitrogens with zero attached hydrogens (tertiary/aromatic N) is 2. The van der Waals surface area contributed by atoms with E-state index in [1.54, 1.807) is 7.11 Å². The zero-order chi connectivity index (χ0) is 14.4. The first kappa shape index (κ1) is 15.1. The van der Waals surface area contributed by atoms with Crippen LogP contribution in [0.2, 0.25) is 0 Å². The van der Waals surface area contributed by atoms with Gasteiger partial charge in [0.15, 0.2) is 0 Å². The van der Waals surface area contributed by atoms with Crippen molar-refractivity contribution in [1.82, 2.24) is 9.80 Å². The number of rotatable bonds is 6. The molecule has 1 fully saturated rings. The molecule has 1 atom stereocenters. The lowest BCUT2D eigenvalue weighted by Gasteiger charge is -2.24. The van der Waals surface area contributed by atoms with Crippen LogP contribution in [0.15, 0.2) is 30.3 Å². The van der Waals surface area contributed by atoms with E-state index in [4.69, 9.17) is 4.74 Å². The number of methoxy groups -OCH3 is 1. The molecule has 1 aliphatic heterocycles. The molecule has 1 aromatic rings. The average molecular weight is 274 g/mol. The highest BCUT2D eigenvalue weighted by Crippen LogP contribution is 2.15. The third-order valence-electron chi connectivity index (χ3n) is 4.04. The molecule has 20 heavy (non-hydrogen) atoms. The number of benzene rings is 1. The average Bonchev–Trinajstić information content (AvgIpc) is 2.85. The summed E-state index contributed by atoms with van der Waals surface area (Å²) in [4.78, 5) is 4.87. The number of hydrogen-bond acceptors (Lipinski definition) is 3. The molecule has 3 nitrogen and oxygen atoms in total. The second-order valence-corrected chi connectivity index (χ2v) is 5.67. The first-order chi connectivity index (χ1) is 9.69. The molecule has 0 saturated carbocycles. The van der Waals surface area contributed by atoms with Crippen LogP contribution in [-0.2, 0) is 0 Å². The second-order valence-electron chi connectivity index (χ2n) is 5.67. The topological polar surface area (TPSA) is 15.7 Å². The third-order valence-corrected chi connectivity index (χ3v) is 4.04. The monoisotopic (exact) mass is 274 g/mol. The molecule has 1 saturated heterocycles. The van der Waals surface area contributed by atoms with Crippen LogP contribution in [0.3, 0.4) is 0 Å². The normalized spacial score (nSPS) is 20.1. The minimum Gasteiger partial charge on any atom is -0.497 e. The van der Waals surface area contributed by atoms with E-state index in [0.717, 1.165) is 24.9 Å². The third kappa shape index (κ3) is 4.36. The van der Waals surface area contributed by atoms with Crippen molar-refractivity contribution in [2.24, 2.45) is 0 Å². The Labute approximate surface area is 122 Å². The Morgan fingerprint density at radius 1 is 1.35 bits per heavy atom. The van der Waals surface area contributed by atoms with Gasteiger partial charge in [-0.2, -0.15) is 0 Å². The van der Waals surface area contributed by atoms with Crippen molar-refractivity contribution >= 4 is 6.08 Å². The zero-order valence-corrected chi connectivity index (χ0v) is 12.9. The van der Waals surface area contributed by atoms with Gasteiger partial charge in [-0.25, -0.2) is 0 Å². The van der Waals surface area contributed by atoms with E-state index in [1.165, 1.54) is 24.9 Å². The van der Waals surface area contributed by atoms with Crippen molar-refractivity contribution in [3.8, 4) is 5.75 Å². The summed E-state index contributed by atoms with van der Waals surface area (Å²) in [7, 11) is 6.13. The van der Waals surface area contributed by atoms with Gasteiger partial charge >= 0.3 is 0 Å². The molecule has 0 radical (unpaired) electrons. The molecule has 0 amide bonds. The van der Waals surface area contributed by atoms with E-state index in [9.17, 15) is 0 Å². The van der Waals surface area contributed by atoms with Crippen molar-refractivity contribution in [2.45, 2.75) is 18.9 Å². The smallest absolute Gasteiger partial charge is 0.118 e. The van der Waals surface area contributed by atoms with Gasteiger partial charge < -0.3 is 14.5 Å². The van der Waals surface area contributed by atoms with Gasteiger partial charge in [0, 0.05) is 19.1 Å². The molecule has 0 aromatic heterocycles. The van der Waals surface area contributed by atoms with E-state index < -0.39 is 0 Å². The Kier molecular flexibility index (Phi) is 5.62. The van der Waals surface area contributed by atoms with Gasteiger partial charge in [-0.1, -0.05) is 24.3 Å². The molecule has 1 aliphatic rings. The first-order valence-corrected chi connectivity index (χ1v) is 7.38. The molecule has 0 N–H and O–H groups in total. The number of likely N-dealkylation sites (N-methyl/N-ethyl adjacent to an activating group) is 2. The predicted octanol–water partition coefficient (Wildman–Crippen LogP) is 2.73. The summed E-state index contributed by atoms with van der Waals surface area (Å²) in [6.45, 7) is 3.40. The lowest BCUT2D eigenvalue weighted by molar-refractivity contribution is 0.232. The number of likely N-dealkylation sites (tertiary alicyclic amines) is 1. The van der Waals surface area contributed by atoms with Crippen LogP contribution in [0.1, 0.15) is 18.4 Å². The van der Waals surface area contributed by atoms with Crippen molar-refractivity contribution in [3.05, 3.63) is 35.9 Å². The van der Waals surface area contributed by atoms with Crippen molar-refractivity contribution < 1.29 is 4.74 Å². The maximum absolute atomic E-state index is 5.16. The Bertz CT molecular complexity index is 427. The van der Waals surface area contributed by atoms with Gasteiger partial charge in [-0.3, -0.25) is 0 Å². The summed E-state index contributed by atoms with van der Waals surface area (Å²) in [6, 6.07) is 8.89. The van der Waals surface area contributed by atoms with Crippen LogP contribution in [0.25, 0.3) is 6.08 Å². The summed E-state index contributed by atoms with van der Waals surface area (Å²) in [5.74, 6) is 0.906. The molecule has 3 heteroatoms. The van der Waals surface area contributed by atoms with Crippen LogP contribution in [0.4, 0.5) is 0 Å². The fourth-order valence-corrected chi connectivity index (χ4v) is 2.73. The molecule has 0 bridgehead atoms. The summed E-state index contributed by atoms with van der Waals surface area (Å²) < 4.78 is 5.16. The lowest BCUT2D eigenvalue weighted by atomic mass is 10.2.